The quantitative estimate of drug-likeness (QED) is 0.148. The molecule has 43 heavy (non-hydrogen) atoms. The molecule has 0 fully saturated rings. The molecule has 17 heteroatoms. The molecule has 0 aliphatic rings. The van der Waals surface area contributed by atoms with Gasteiger partial charge in [0.25, 0.3) is 5.91 Å². The number of halogens is 4. The van der Waals surface area contributed by atoms with E-state index in [9.17, 15) is 22.5 Å². The van der Waals surface area contributed by atoms with Gasteiger partial charge >= 0.3 is 6.18 Å². The van der Waals surface area contributed by atoms with Crippen molar-refractivity contribution < 1.29 is 32.4 Å². The third-order valence-electron chi connectivity index (χ3n) is 6.01. The molecule has 0 aliphatic heterocycles. The number of aliphatic hydroxyl groups excluding tert-OH is 1. The van der Waals surface area contributed by atoms with Crippen LogP contribution in [0.1, 0.15) is 28.0 Å². The molecule has 226 valence electrons. The van der Waals surface area contributed by atoms with E-state index in [0.717, 1.165) is 0 Å². The van der Waals surface area contributed by atoms with Crippen LogP contribution in [0.15, 0.2) is 42.9 Å². The van der Waals surface area contributed by atoms with E-state index >= 15 is 0 Å². The van der Waals surface area contributed by atoms with Gasteiger partial charge in [0.2, 0.25) is 5.95 Å². The minimum Gasteiger partial charge on any atom is -0.495 e. The van der Waals surface area contributed by atoms with Gasteiger partial charge in [0.05, 0.1) is 36.5 Å². The van der Waals surface area contributed by atoms with Gasteiger partial charge in [-0.2, -0.15) is 23.3 Å². The SMILES string of the molecule is CNC(=O)c1nc(-c2cnn(CCCO)c2)ccc1Nc1nc(Nc2cc(Cl)c(CP=O)cc2OC)ncc1C(F)(F)F. The largest absolute Gasteiger partial charge is 0.495 e. The van der Waals surface area contributed by atoms with Crippen LogP contribution in [0.5, 0.6) is 5.75 Å². The average molecular weight is 637 g/mol. The van der Waals surface area contributed by atoms with Crippen LogP contribution in [-0.4, -0.2) is 56.5 Å². The number of benzene rings is 1. The lowest BCUT2D eigenvalue weighted by atomic mass is 10.1. The van der Waals surface area contributed by atoms with E-state index in [-0.39, 0.29) is 55.0 Å². The minimum atomic E-state index is -4.84. The summed E-state index contributed by atoms with van der Waals surface area (Å²) >= 11 is 6.27. The fraction of sp³-hybridized carbons (Fsp3) is 0.269. The number of anilines is 4. The maximum absolute atomic E-state index is 14.0. The van der Waals surface area contributed by atoms with E-state index in [2.05, 4.69) is 36.0 Å². The molecule has 0 atom stereocenters. The van der Waals surface area contributed by atoms with Gasteiger partial charge in [-0.05, 0) is 36.2 Å². The first-order valence-corrected chi connectivity index (χ1v) is 14.0. The Morgan fingerprint density at radius 3 is 2.63 bits per heavy atom. The van der Waals surface area contributed by atoms with Crippen molar-refractivity contribution in [3.63, 3.8) is 0 Å². The van der Waals surface area contributed by atoms with Crippen LogP contribution in [-0.2, 0) is 23.4 Å². The maximum atomic E-state index is 14.0. The highest BCUT2D eigenvalue weighted by Gasteiger charge is 2.36. The summed E-state index contributed by atoms with van der Waals surface area (Å²) in [5.74, 6) is -1.27. The minimum absolute atomic E-state index is 0.00925. The number of hydrogen-bond donors (Lipinski definition) is 4. The highest BCUT2D eigenvalue weighted by molar-refractivity contribution is 7.22. The second kappa shape index (κ2) is 13.8. The number of rotatable bonds is 12. The summed E-state index contributed by atoms with van der Waals surface area (Å²) in [5.41, 5.74) is 0.272. The smallest absolute Gasteiger partial charge is 0.421 e. The van der Waals surface area contributed by atoms with E-state index in [1.54, 1.807) is 10.9 Å². The van der Waals surface area contributed by atoms with Crippen molar-refractivity contribution in [3.8, 4) is 17.0 Å². The number of amides is 1. The highest BCUT2D eigenvalue weighted by Crippen LogP contribution is 2.38. The molecule has 4 rings (SSSR count). The zero-order valence-corrected chi connectivity index (χ0v) is 24.4. The Morgan fingerprint density at radius 1 is 1.16 bits per heavy atom. The van der Waals surface area contributed by atoms with Gasteiger partial charge in [-0.15, -0.1) is 0 Å². The predicted octanol–water partition coefficient (Wildman–Crippen LogP) is 5.44. The van der Waals surface area contributed by atoms with Crippen molar-refractivity contribution in [3.05, 3.63) is 64.7 Å². The molecule has 4 aromatic rings. The number of aromatic nitrogens is 5. The molecule has 12 nitrogen and oxygen atoms in total. The van der Waals surface area contributed by atoms with Crippen molar-refractivity contribution in [1.82, 2.24) is 30.0 Å². The molecule has 0 aliphatic carbocycles. The zero-order valence-electron chi connectivity index (χ0n) is 22.7. The Kier molecular flexibility index (Phi) is 10.1. The van der Waals surface area contributed by atoms with Crippen LogP contribution < -0.4 is 20.7 Å². The molecule has 3 aromatic heterocycles. The Morgan fingerprint density at radius 2 is 1.95 bits per heavy atom. The molecule has 4 N–H and O–H groups in total. The summed E-state index contributed by atoms with van der Waals surface area (Å²) in [4.78, 5) is 25.0. The number of carbonyl (C=O) groups excluding carboxylic acids is 1. The Bertz CT molecular complexity index is 1640. The number of nitrogens with one attached hydrogen (secondary N) is 3. The normalized spacial score (nSPS) is 11.4. The first-order chi connectivity index (χ1) is 20.6. The van der Waals surface area contributed by atoms with Gasteiger partial charge in [0.15, 0.2) is 14.2 Å². The van der Waals surface area contributed by atoms with Crippen molar-refractivity contribution >= 4 is 49.1 Å². The fourth-order valence-electron chi connectivity index (χ4n) is 3.91. The monoisotopic (exact) mass is 636 g/mol. The van der Waals surface area contributed by atoms with Gasteiger partial charge < -0.3 is 25.8 Å². The Labute approximate surface area is 249 Å². The lowest BCUT2D eigenvalue weighted by Gasteiger charge is -2.17. The van der Waals surface area contributed by atoms with Crippen LogP contribution in [0.25, 0.3) is 11.3 Å². The van der Waals surface area contributed by atoms with E-state index < -0.39 is 23.5 Å². The third kappa shape index (κ3) is 7.55. The van der Waals surface area contributed by atoms with Gasteiger partial charge in [-0.25, -0.2) is 9.97 Å². The number of hydrogen-bond acceptors (Lipinski definition) is 10. The zero-order chi connectivity index (χ0) is 31.1. The van der Waals surface area contributed by atoms with E-state index in [1.807, 2.05) is 0 Å². The number of carbonyl (C=O) groups is 1. The molecular weight excluding hydrogens is 612 g/mol. The first kappa shape index (κ1) is 31.6. The van der Waals surface area contributed by atoms with Gasteiger partial charge in [0.1, 0.15) is 17.1 Å². The number of pyridine rings is 1. The summed E-state index contributed by atoms with van der Waals surface area (Å²) < 4.78 is 59.9. The van der Waals surface area contributed by atoms with Crippen molar-refractivity contribution in [2.75, 3.05) is 31.4 Å². The van der Waals surface area contributed by atoms with Crippen LogP contribution in [0.3, 0.4) is 0 Å². The molecule has 0 spiro atoms. The van der Waals surface area contributed by atoms with E-state index in [0.29, 0.717) is 36.0 Å². The molecule has 0 saturated carbocycles. The number of alkyl halides is 3. The summed E-state index contributed by atoms with van der Waals surface area (Å²) in [6, 6.07) is 5.92. The van der Waals surface area contributed by atoms with Gasteiger partial charge in [-0.1, -0.05) is 11.6 Å². The molecule has 3 heterocycles. The molecule has 0 bridgehead atoms. The maximum Gasteiger partial charge on any atom is 0.421 e. The van der Waals surface area contributed by atoms with Crippen molar-refractivity contribution in [1.29, 1.82) is 0 Å². The number of ether oxygens (including phenoxy) is 1. The Balaban J connectivity index is 1.72. The summed E-state index contributed by atoms with van der Waals surface area (Å²) in [7, 11) is 2.59. The molecule has 1 amide bonds. The summed E-state index contributed by atoms with van der Waals surface area (Å²) in [6.07, 6.45) is -0.422. The number of aliphatic hydroxyl groups is 1. The van der Waals surface area contributed by atoms with Crippen LogP contribution in [0.4, 0.5) is 36.3 Å². The molecule has 0 unspecified atom stereocenters. The van der Waals surface area contributed by atoms with Gasteiger partial charge in [-0.3, -0.25) is 14.0 Å². The lowest BCUT2D eigenvalue weighted by molar-refractivity contribution is -0.137. The second-order valence-corrected chi connectivity index (χ2v) is 9.86. The predicted molar refractivity (Wildman–Crippen MR) is 153 cm³/mol. The second-order valence-electron chi connectivity index (χ2n) is 8.88. The molecular formula is C26H25ClF3N8O4P. The number of aryl methyl sites for hydroxylation is 1. The van der Waals surface area contributed by atoms with E-state index in [4.69, 9.17) is 21.4 Å². The number of methoxy groups -OCH3 is 1. The lowest BCUT2D eigenvalue weighted by Crippen LogP contribution is -2.21. The average Bonchev–Trinajstić information content (AvgIpc) is 3.46. The van der Waals surface area contributed by atoms with Crippen LogP contribution >= 0.6 is 20.1 Å². The first-order valence-electron chi connectivity index (χ1n) is 12.6. The molecule has 1 aromatic carbocycles. The standard InChI is InChI=1S/C26H25ClF3N8O4P/c1-31-24(40)22-19(5-4-18(34-22)15-10-33-38(12-15)6-3-7-39)35-23-16(26(28,29)30)11-32-25(37-23)36-20-9-17(27)14(13-43-41)8-21(20)42-2/h4-5,8-12,39H,3,6-7,13H2,1-2H3,(H,31,40)(H2,32,35,36,37). The summed E-state index contributed by atoms with van der Waals surface area (Å²) in [6.45, 7) is 0.454. The summed E-state index contributed by atoms with van der Waals surface area (Å²) in [5, 5.41) is 21.3. The fourth-order valence-corrected chi connectivity index (χ4v) is 4.63. The highest BCUT2D eigenvalue weighted by atomic mass is 35.5. The van der Waals surface area contributed by atoms with Crippen molar-refractivity contribution in [2.45, 2.75) is 25.3 Å². The topological polar surface area (TPSA) is 156 Å². The third-order valence-corrected chi connectivity index (χ3v) is 6.83. The van der Waals surface area contributed by atoms with Gasteiger partial charge in [0, 0.05) is 43.2 Å². The Hall–Kier alpha value is -4.33. The van der Waals surface area contributed by atoms with Crippen LogP contribution in [0.2, 0.25) is 5.02 Å². The molecule has 0 saturated heterocycles. The number of nitrogens with zero attached hydrogens (tertiary/aromatic N) is 5. The van der Waals surface area contributed by atoms with Crippen LogP contribution in [0, 0.1) is 0 Å². The van der Waals surface area contributed by atoms with E-state index in [1.165, 1.54) is 44.6 Å². The molecule has 0 radical (unpaired) electrons. The van der Waals surface area contributed by atoms with Crippen molar-refractivity contribution in [2.24, 2.45) is 0 Å².